The van der Waals surface area contributed by atoms with Crippen LogP contribution in [0.5, 0.6) is 11.5 Å². The van der Waals surface area contributed by atoms with Crippen LogP contribution in [0.15, 0.2) is 28.4 Å². The quantitative estimate of drug-likeness (QED) is 0.461. The summed E-state index contributed by atoms with van der Waals surface area (Å²) >= 11 is 0. The third-order valence-electron chi connectivity index (χ3n) is 2.24. The molecule has 0 saturated heterocycles. The molecule has 0 heterocycles. The molecule has 18 heavy (non-hydrogen) atoms. The first-order valence-corrected chi connectivity index (χ1v) is 5.39. The van der Waals surface area contributed by atoms with Gasteiger partial charge in [0.2, 0.25) is 5.96 Å². The summed E-state index contributed by atoms with van der Waals surface area (Å²) in [5.41, 5.74) is 12.2. The Morgan fingerprint density at radius 2 is 1.78 bits per heavy atom. The summed E-state index contributed by atoms with van der Waals surface area (Å²) in [6.07, 6.45) is 0.636. The van der Waals surface area contributed by atoms with Crippen LogP contribution in [0, 0.1) is 0 Å². The van der Waals surface area contributed by atoms with Crippen LogP contribution in [0.3, 0.4) is 0 Å². The van der Waals surface area contributed by atoms with Gasteiger partial charge in [-0.15, -0.1) is 5.10 Å². The fraction of sp³-hybridized carbons (Fsp3) is 0.333. The van der Waals surface area contributed by atoms with Gasteiger partial charge in [-0.25, -0.2) is 0 Å². The summed E-state index contributed by atoms with van der Waals surface area (Å²) in [4.78, 5) is 0. The van der Waals surface area contributed by atoms with Gasteiger partial charge in [-0.3, -0.25) is 0 Å². The van der Waals surface area contributed by atoms with E-state index in [-0.39, 0.29) is 5.96 Å². The highest BCUT2D eigenvalue weighted by Crippen LogP contribution is 2.27. The molecular formula is C12H18N4O2. The monoisotopic (exact) mass is 250 g/mol. The summed E-state index contributed by atoms with van der Waals surface area (Å²) in [5.74, 6) is 1.33. The minimum Gasteiger partial charge on any atom is -0.493 e. The molecule has 0 radical (unpaired) electrons. The molecule has 0 bridgehead atoms. The Kier molecular flexibility index (Phi) is 4.98. The van der Waals surface area contributed by atoms with Crippen LogP contribution in [0.25, 0.3) is 0 Å². The highest BCUT2D eigenvalue weighted by atomic mass is 16.5. The standard InChI is InChI=1S/C12H18N4O2/c1-8(15-16-12(13)14)6-9-4-5-10(17-2)11(7-9)18-3/h4-5,7H,6H2,1-3H3,(H4,13,14,16)/b15-8-. The molecule has 0 fully saturated rings. The van der Waals surface area contributed by atoms with Gasteiger partial charge >= 0.3 is 0 Å². The highest BCUT2D eigenvalue weighted by molar-refractivity contribution is 5.85. The predicted molar refractivity (Wildman–Crippen MR) is 72.2 cm³/mol. The summed E-state index contributed by atoms with van der Waals surface area (Å²) in [6, 6.07) is 5.69. The first-order valence-electron chi connectivity index (χ1n) is 5.39. The lowest BCUT2D eigenvalue weighted by Gasteiger charge is -2.09. The lowest BCUT2D eigenvalue weighted by atomic mass is 10.1. The Morgan fingerprint density at radius 1 is 1.11 bits per heavy atom. The molecule has 0 aliphatic heterocycles. The van der Waals surface area contributed by atoms with E-state index in [1.165, 1.54) is 0 Å². The molecule has 0 saturated carbocycles. The number of benzene rings is 1. The average molecular weight is 250 g/mol. The van der Waals surface area contributed by atoms with Crippen molar-refractivity contribution in [3.05, 3.63) is 23.8 Å². The molecule has 1 aromatic carbocycles. The molecule has 0 aliphatic rings. The fourth-order valence-electron chi connectivity index (χ4n) is 1.46. The van der Waals surface area contributed by atoms with Gasteiger partial charge in [0, 0.05) is 12.1 Å². The van der Waals surface area contributed by atoms with Gasteiger partial charge in [0.05, 0.1) is 14.2 Å². The fourth-order valence-corrected chi connectivity index (χ4v) is 1.46. The van der Waals surface area contributed by atoms with Crippen molar-refractivity contribution in [1.29, 1.82) is 0 Å². The maximum absolute atomic E-state index is 5.22. The van der Waals surface area contributed by atoms with Crippen molar-refractivity contribution >= 4 is 11.7 Å². The molecule has 0 amide bonds. The van der Waals surface area contributed by atoms with E-state index in [9.17, 15) is 0 Å². The van der Waals surface area contributed by atoms with Crippen molar-refractivity contribution < 1.29 is 9.47 Å². The van der Waals surface area contributed by atoms with Crippen LogP contribution >= 0.6 is 0 Å². The molecule has 98 valence electrons. The third-order valence-corrected chi connectivity index (χ3v) is 2.24. The van der Waals surface area contributed by atoms with E-state index in [2.05, 4.69) is 10.2 Å². The number of guanidine groups is 1. The van der Waals surface area contributed by atoms with Crippen LogP contribution in [-0.2, 0) is 6.42 Å². The second-order valence-corrected chi connectivity index (χ2v) is 3.73. The van der Waals surface area contributed by atoms with Gasteiger partial charge in [0.1, 0.15) is 0 Å². The van der Waals surface area contributed by atoms with E-state index in [0.717, 1.165) is 11.3 Å². The molecule has 0 spiro atoms. The number of hydrogen-bond donors (Lipinski definition) is 2. The first kappa shape index (κ1) is 13.8. The second-order valence-electron chi connectivity index (χ2n) is 3.73. The van der Waals surface area contributed by atoms with Crippen molar-refractivity contribution in [3.63, 3.8) is 0 Å². The summed E-state index contributed by atoms with van der Waals surface area (Å²) in [5, 5.41) is 7.50. The van der Waals surface area contributed by atoms with E-state index in [1.54, 1.807) is 14.2 Å². The van der Waals surface area contributed by atoms with Crippen LogP contribution < -0.4 is 20.9 Å². The van der Waals surface area contributed by atoms with Crippen LogP contribution in [0.2, 0.25) is 0 Å². The van der Waals surface area contributed by atoms with E-state index < -0.39 is 0 Å². The zero-order valence-corrected chi connectivity index (χ0v) is 10.8. The number of methoxy groups -OCH3 is 2. The summed E-state index contributed by atoms with van der Waals surface area (Å²) in [6.45, 7) is 1.85. The maximum atomic E-state index is 5.22. The molecular weight excluding hydrogens is 232 g/mol. The van der Waals surface area contributed by atoms with Crippen molar-refractivity contribution in [2.24, 2.45) is 21.7 Å². The highest BCUT2D eigenvalue weighted by Gasteiger charge is 2.05. The van der Waals surface area contributed by atoms with Crippen molar-refractivity contribution in [3.8, 4) is 11.5 Å². The Bertz CT molecular complexity index is 465. The van der Waals surface area contributed by atoms with Gasteiger partial charge in [0.25, 0.3) is 0 Å². The van der Waals surface area contributed by atoms with Crippen molar-refractivity contribution in [2.45, 2.75) is 13.3 Å². The molecule has 6 heteroatoms. The first-order chi connectivity index (χ1) is 8.56. The van der Waals surface area contributed by atoms with Crippen molar-refractivity contribution in [2.75, 3.05) is 14.2 Å². The van der Waals surface area contributed by atoms with E-state index in [0.29, 0.717) is 17.9 Å². The molecule has 1 rings (SSSR count). The predicted octanol–water partition coefficient (Wildman–Crippen LogP) is 0.896. The molecule has 6 nitrogen and oxygen atoms in total. The van der Waals surface area contributed by atoms with Crippen LogP contribution in [-0.4, -0.2) is 25.9 Å². The molecule has 0 unspecified atom stereocenters. The molecule has 1 aromatic rings. The summed E-state index contributed by atoms with van der Waals surface area (Å²) in [7, 11) is 3.20. The maximum Gasteiger partial charge on any atom is 0.211 e. The Hall–Kier alpha value is -2.24. The van der Waals surface area contributed by atoms with Gasteiger partial charge in [0.15, 0.2) is 11.5 Å². The lowest BCUT2D eigenvalue weighted by molar-refractivity contribution is 0.354. The number of hydrogen-bond acceptors (Lipinski definition) is 4. The number of nitrogens with zero attached hydrogens (tertiary/aromatic N) is 2. The van der Waals surface area contributed by atoms with Gasteiger partial charge in [-0.1, -0.05) is 6.07 Å². The minimum atomic E-state index is -0.0540. The van der Waals surface area contributed by atoms with E-state index in [1.807, 2.05) is 25.1 Å². The minimum absolute atomic E-state index is 0.0540. The number of nitrogens with two attached hydrogens (primary N) is 2. The van der Waals surface area contributed by atoms with E-state index in [4.69, 9.17) is 20.9 Å². The molecule has 0 aliphatic carbocycles. The normalized spacial score (nSPS) is 10.9. The average Bonchev–Trinajstić information content (AvgIpc) is 2.36. The smallest absolute Gasteiger partial charge is 0.211 e. The lowest BCUT2D eigenvalue weighted by Crippen LogP contribution is -2.22. The van der Waals surface area contributed by atoms with Crippen LogP contribution in [0.4, 0.5) is 0 Å². The SMILES string of the molecule is COc1ccc(C/C(C)=N\N=C(N)N)cc1OC. The number of ether oxygens (including phenoxy) is 2. The van der Waals surface area contributed by atoms with Crippen LogP contribution in [0.1, 0.15) is 12.5 Å². The van der Waals surface area contributed by atoms with Crippen molar-refractivity contribution in [1.82, 2.24) is 0 Å². The Balaban J connectivity index is 2.85. The zero-order chi connectivity index (χ0) is 13.5. The molecule has 4 N–H and O–H groups in total. The topological polar surface area (TPSA) is 95.2 Å². The zero-order valence-electron chi connectivity index (χ0n) is 10.8. The second kappa shape index (κ2) is 6.48. The Morgan fingerprint density at radius 3 is 2.33 bits per heavy atom. The molecule has 0 aromatic heterocycles. The summed E-state index contributed by atoms with van der Waals surface area (Å²) < 4.78 is 10.4. The van der Waals surface area contributed by atoms with E-state index >= 15 is 0 Å². The number of rotatable bonds is 5. The largest absolute Gasteiger partial charge is 0.493 e. The van der Waals surface area contributed by atoms with Gasteiger partial charge < -0.3 is 20.9 Å². The Labute approximate surface area is 106 Å². The third kappa shape index (κ3) is 3.97. The van der Waals surface area contributed by atoms with Gasteiger partial charge in [-0.05, 0) is 24.6 Å². The van der Waals surface area contributed by atoms with Gasteiger partial charge in [-0.2, -0.15) is 5.10 Å². The molecule has 0 atom stereocenters.